The standard InChI is InChI=1S/C13H14N2O2/c16-12-5-1-2-9-15(12)13(17)7-6-11-4-3-8-14-10-11/h3-4,6-8,10H,1-2,5,9H2. The van der Waals surface area contributed by atoms with Crippen molar-refractivity contribution in [3.8, 4) is 0 Å². The summed E-state index contributed by atoms with van der Waals surface area (Å²) in [5, 5.41) is 0. The van der Waals surface area contributed by atoms with Crippen molar-refractivity contribution in [3.05, 3.63) is 36.2 Å². The fraction of sp³-hybridized carbons (Fsp3) is 0.308. The van der Waals surface area contributed by atoms with Gasteiger partial charge in [-0.05, 0) is 30.5 Å². The SMILES string of the molecule is O=C(C=Cc1cccnc1)N1CCCCC1=O. The van der Waals surface area contributed by atoms with Crippen LogP contribution in [-0.2, 0) is 9.59 Å². The summed E-state index contributed by atoms with van der Waals surface area (Å²) >= 11 is 0. The lowest BCUT2D eigenvalue weighted by Crippen LogP contribution is -2.39. The number of carbonyl (C=O) groups excluding carboxylic acids is 2. The van der Waals surface area contributed by atoms with Crippen LogP contribution in [0.15, 0.2) is 30.6 Å². The second-order valence-corrected chi connectivity index (χ2v) is 3.96. The first-order valence-electron chi connectivity index (χ1n) is 5.70. The van der Waals surface area contributed by atoms with E-state index in [4.69, 9.17) is 0 Å². The Hall–Kier alpha value is -1.97. The lowest BCUT2D eigenvalue weighted by atomic mass is 10.1. The van der Waals surface area contributed by atoms with E-state index in [2.05, 4.69) is 4.98 Å². The predicted octanol–water partition coefficient (Wildman–Crippen LogP) is 1.63. The van der Waals surface area contributed by atoms with E-state index in [1.807, 2.05) is 6.07 Å². The van der Waals surface area contributed by atoms with Gasteiger partial charge in [0.25, 0.3) is 5.91 Å². The van der Waals surface area contributed by atoms with Crippen molar-refractivity contribution < 1.29 is 9.59 Å². The highest BCUT2D eigenvalue weighted by molar-refractivity contribution is 6.03. The number of aromatic nitrogens is 1. The Balaban J connectivity index is 2.01. The average Bonchev–Trinajstić information content (AvgIpc) is 2.38. The minimum Gasteiger partial charge on any atom is -0.279 e. The van der Waals surface area contributed by atoms with Gasteiger partial charge in [0.15, 0.2) is 0 Å². The quantitative estimate of drug-likeness (QED) is 0.726. The molecule has 0 radical (unpaired) electrons. The van der Waals surface area contributed by atoms with E-state index in [1.54, 1.807) is 24.5 Å². The van der Waals surface area contributed by atoms with Crippen LogP contribution >= 0.6 is 0 Å². The van der Waals surface area contributed by atoms with E-state index >= 15 is 0 Å². The summed E-state index contributed by atoms with van der Waals surface area (Å²) in [6.07, 6.45) is 8.71. The first-order chi connectivity index (χ1) is 8.27. The van der Waals surface area contributed by atoms with Gasteiger partial charge in [0.2, 0.25) is 5.91 Å². The van der Waals surface area contributed by atoms with Crippen molar-refractivity contribution in [3.63, 3.8) is 0 Å². The monoisotopic (exact) mass is 230 g/mol. The summed E-state index contributed by atoms with van der Waals surface area (Å²) in [7, 11) is 0. The van der Waals surface area contributed by atoms with Gasteiger partial charge in [0.1, 0.15) is 0 Å². The molecule has 88 valence electrons. The topological polar surface area (TPSA) is 50.3 Å². The highest BCUT2D eigenvalue weighted by atomic mass is 16.2. The van der Waals surface area contributed by atoms with E-state index in [0.717, 1.165) is 18.4 Å². The summed E-state index contributed by atoms with van der Waals surface area (Å²) < 4.78 is 0. The van der Waals surface area contributed by atoms with Gasteiger partial charge in [-0.3, -0.25) is 19.5 Å². The van der Waals surface area contributed by atoms with Crippen LogP contribution in [0.1, 0.15) is 24.8 Å². The van der Waals surface area contributed by atoms with Gasteiger partial charge >= 0.3 is 0 Å². The molecule has 4 heteroatoms. The fourth-order valence-electron chi connectivity index (χ4n) is 1.77. The third kappa shape index (κ3) is 3.00. The Morgan fingerprint density at radius 3 is 3.00 bits per heavy atom. The van der Waals surface area contributed by atoms with Gasteiger partial charge in [-0.1, -0.05) is 6.07 Å². The maximum Gasteiger partial charge on any atom is 0.253 e. The number of piperidine rings is 1. The molecule has 17 heavy (non-hydrogen) atoms. The molecule has 2 rings (SSSR count). The zero-order valence-electron chi connectivity index (χ0n) is 9.50. The van der Waals surface area contributed by atoms with Gasteiger partial charge in [-0.25, -0.2) is 0 Å². The van der Waals surface area contributed by atoms with E-state index in [1.165, 1.54) is 11.0 Å². The summed E-state index contributed by atoms with van der Waals surface area (Å²) in [4.78, 5) is 28.5. The van der Waals surface area contributed by atoms with Crippen molar-refractivity contribution in [2.75, 3.05) is 6.54 Å². The van der Waals surface area contributed by atoms with Crippen LogP contribution in [0.3, 0.4) is 0 Å². The van der Waals surface area contributed by atoms with Crippen LogP contribution in [0, 0.1) is 0 Å². The van der Waals surface area contributed by atoms with E-state index in [0.29, 0.717) is 13.0 Å². The molecule has 0 atom stereocenters. The molecule has 1 aromatic heterocycles. The minimum absolute atomic E-state index is 0.0721. The number of pyridine rings is 1. The fourth-order valence-corrected chi connectivity index (χ4v) is 1.77. The zero-order chi connectivity index (χ0) is 12.1. The molecule has 0 aliphatic carbocycles. The number of nitrogens with zero attached hydrogens (tertiary/aromatic N) is 2. The number of likely N-dealkylation sites (tertiary alicyclic amines) is 1. The second-order valence-electron chi connectivity index (χ2n) is 3.96. The maximum atomic E-state index is 11.8. The number of hydrogen-bond donors (Lipinski definition) is 0. The largest absolute Gasteiger partial charge is 0.279 e. The summed E-state index contributed by atoms with van der Waals surface area (Å²) in [6, 6.07) is 3.66. The molecule has 4 nitrogen and oxygen atoms in total. The molecule has 1 aliphatic rings. The van der Waals surface area contributed by atoms with Crippen molar-refractivity contribution in [2.24, 2.45) is 0 Å². The van der Waals surface area contributed by atoms with Crippen molar-refractivity contribution in [1.29, 1.82) is 0 Å². The highest BCUT2D eigenvalue weighted by Crippen LogP contribution is 2.11. The molecule has 1 aromatic rings. The lowest BCUT2D eigenvalue weighted by molar-refractivity contribution is -0.143. The molecule has 0 aromatic carbocycles. The normalized spacial score (nSPS) is 16.5. The molecule has 0 unspecified atom stereocenters. The van der Waals surface area contributed by atoms with Crippen LogP contribution in [0.2, 0.25) is 0 Å². The van der Waals surface area contributed by atoms with Crippen LogP contribution in [0.25, 0.3) is 6.08 Å². The molecule has 1 fully saturated rings. The molecular weight excluding hydrogens is 216 g/mol. The molecule has 0 bridgehead atoms. The van der Waals surface area contributed by atoms with Crippen molar-refractivity contribution in [2.45, 2.75) is 19.3 Å². The van der Waals surface area contributed by atoms with Crippen LogP contribution in [0.5, 0.6) is 0 Å². The molecule has 1 aliphatic heterocycles. The third-order valence-electron chi connectivity index (χ3n) is 2.69. The summed E-state index contributed by atoms with van der Waals surface area (Å²) in [5.74, 6) is -0.310. The Bertz CT molecular complexity index is 440. The number of amides is 2. The number of imide groups is 1. The Morgan fingerprint density at radius 2 is 2.29 bits per heavy atom. The Labute approximate surface area is 100.0 Å². The zero-order valence-corrected chi connectivity index (χ0v) is 9.50. The number of rotatable bonds is 2. The second kappa shape index (κ2) is 5.39. The Morgan fingerprint density at radius 1 is 1.41 bits per heavy atom. The van der Waals surface area contributed by atoms with Crippen LogP contribution in [-0.4, -0.2) is 28.2 Å². The van der Waals surface area contributed by atoms with Crippen molar-refractivity contribution in [1.82, 2.24) is 9.88 Å². The molecule has 2 amide bonds. The molecule has 0 N–H and O–H groups in total. The summed E-state index contributed by atoms with van der Waals surface area (Å²) in [6.45, 7) is 0.537. The van der Waals surface area contributed by atoms with Gasteiger partial charge in [0, 0.05) is 31.4 Å². The molecule has 0 spiro atoms. The first-order valence-corrected chi connectivity index (χ1v) is 5.70. The van der Waals surface area contributed by atoms with E-state index in [-0.39, 0.29) is 11.8 Å². The third-order valence-corrected chi connectivity index (χ3v) is 2.69. The predicted molar refractivity (Wildman–Crippen MR) is 63.8 cm³/mol. The molecule has 1 saturated heterocycles. The van der Waals surface area contributed by atoms with Gasteiger partial charge in [0.05, 0.1) is 0 Å². The number of carbonyl (C=O) groups is 2. The average molecular weight is 230 g/mol. The summed E-state index contributed by atoms with van der Waals surface area (Å²) in [5.41, 5.74) is 0.852. The van der Waals surface area contributed by atoms with Crippen LogP contribution in [0.4, 0.5) is 0 Å². The van der Waals surface area contributed by atoms with Crippen molar-refractivity contribution >= 4 is 17.9 Å². The van der Waals surface area contributed by atoms with Gasteiger partial charge < -0.3 is 0 Å². The highest BCUT2D eigenvalue weighted by Gasteiger charge is 2.22. The molecular formula is C13H14N2O2. The lowest BCUT2D eigenvalue weighted by Gasteiger charge is -2.23. The van der Waals surface area contributed by atoms with Crippen LogP contribution < -0.4 is 0 Å². The first kappa shape index (κ1) is 11.5. The van der Waals surface area contributed by atoms with E-state index < -0.39 is 0 Å². The van der Waals surface area contributed by atoms with Gasteiger partial charge in [-0.2, -0.15) is 0 Å². The molecule has 0 saturated carbocycles. The molecule has 2 heterocycles. The van der Waals surface area contributed by atoms with Gasteiger partial charge in [-0.15, -0.1) is 0 Å². The minimum atomic E-state index is -0.237. The van der Waals surface area contributed by atoms with E-state index in [9.17, 15) is 9.59 Å². The smallest absolute Gasteiger partial charge is 0.253 e. The Kier molecular flexibility index (Phi) is 3.65. The number of hydrogen-bond acceptors (Lipinski definition) is 3. The maximum absolute atomic E-state index is 11.8.